The molecule has 2 rings (SSSR count). The standard InChI is InChI=1S/C21H34I2N4/c1-16-20(22)18(3)26(24-16)14-12-10-8-6-5-7-9-11-13-15-27-19(4)21(23)17(2)25-27/h5-15H2,1-4H3. The van der Waals surface area contributed by atoms with Crippen molar-refractivity contribution in [2.45, 2.75) is 98.6 Å². The molecule has 0 fully saturated rings. The maximum atomic E-state index is 4.62. The van der Waals surface area contributed by atoms with Crippen molar-refractivity contribution in [2.24, 2.45) is 0 Å². The lowest BCUT2D eigenvalue weighted by Crippen LogP contribution is -2.03. The number of unbranched alkanes of at least 4 members (excludes halogenated alkanes) is 8. The Hall–Kier alpha value is -0.120. The molecule has 0 spiro atoms. The van der Waals surface area contributed by atoms with Gasteiger partial charge in [0, 0.05) is 24.5 Å². The molecule has 0 aromatic carbocycles. The predicted molar refractivity (Wildman–Crippen MR) is 130 cm³/mol. The first-order valence-electron chi connectivity index (χ1n) is 10.3. The summed E-state index contributed by atoms with van der Waals surface area (Å²) >= 11 is 4.80. The molecule has 27 heavy (non-hydrogen) atoms. The normalized spacial score (nSPS) is 11.5. The Balaban J connectivity index is 1.44. The minimum atomic E-state index is 1.07. The van der Waals surface area contributed by atoms with Crippen molar-refractivity contribution in [3.05, 3.63) is 29.9 Å². The first-order chi connectivity index (χ1) is 12.9. The highest BCUT2D eigenvalue weighted by molar-refractivity contribution is 14.1. The molecule has 0 unspecified atom stereocenters. The van der Waals surface area contributed by atoms with Gasteiger partial charge in [-0.3, -0.25) is 9.36 Å². The first-order valence-corrected chi connectivity index (χ1v) is 12.5. The van der Waals surface area contributed by atoms with Crippen LogP contribution in [0.1, 0.15) is 80.6 Å². The van der Waals surface area contributed by atoms with E-state index in [2.05, 4.69) is 92.4 Å². The maximum Gasteiger partial charge on any atom is 0.0729 e. The minimum absolute atomic E-state index is 1.07. The topological polar surface area (TPSA) is 35.6 Å². The molecule has 6 heteroatoms. The van der Waals surface area contributed by atoms with Gasteiger partial charge in [-0.15, -0.1) is 0 Å². The number of aryl methyl sites for hydroxylation is 4. The van der Waals surface area contributed by atoms with Crippen molar-refractivity contribution >= 4 is 45.2 Å². The van der Waals surface area contributed by atoms with Gasteiger partial charge in [0.25, 0.3) is 0 Å². The molecule has 0 N–H and O–H groups in total. The summed E-state index contributed by atoms with van der Waals surface area (Å²) in [6.07, 6.45) is 12.0. The van der Waals surface area contributed by atoms with Crippen LogP contribution in [-0.2, 0) is 13.1 Å². The summed E-state index contributed by atoms with van der Waals surface area (Å²) in [5.74, 6) is 0. The van der Waals surface area contributed by atoms with Gasteiger partial charge in [0.1, 0.15) is 0 Å². The van der Waals surface area contributed by atoms with Gasteiger partial charge in [-0.1, -0.05) is 44.9 Å². The van der Waals surface area contributed by atoms with E-state index in [1.807, 2.05) is 0 Å². The SMILES string of the molecule is Cc1nn(CCCCCCCCCCCn2nc(C)c(I)c2C)c(C)c1I. The second-order valence-electron chi connectivity index (χ2n) is 7.60. The predicted octanol–water partition coefficient (Wildman–Crippen LogP) is 6.73. The zero-order valence-electron chi connectivity index (χ0n) is 17.3. The maximum absolute atomic E-state index is 4.62. The van der Waals surface area contributed by atoms with Crippen LogP contribution in [0.5, 0.6) is 0 Å². The molecule has 0 bridgehead atoms. The molecule has 0 saturated carbocycles. The molecular weight excluding hydrogens is 562 g/mol. The number of nitrogens with zero attached hydrogens (tertiary/aromatic N) is 4. The third-order valence-corrected chi connectivity index (χ3v) is 8.45. The summed E-state index contributed by atoms with van der Waals surface area (Å²) in [4.78, 5) is 0. The summed E-state index contributed by atoms with van der Waals surface area (Å²) in [7, 11) is 0. The molecular formula is C21H34I2N4. The van der Waals surface area contributed by atoms with Crippen LogP contribution < -0.4 is 0 Å². The van der Waals surface area contributed by atoms with Crippen LogP contribution in [0, 0.1) is 34.8 Å². The average molecular weight is 596 g/mol. The Bertz CT molecular complexity index is 658. The molecule has 0 saturated heterocycles. The molecule has 2 aromatic heterocycles. The highest BCUT2D eigenvalue weighted by atomic mass is 127. The fourth-order valence-corrected chi connectivity index (χ4v) is 4.32. The monoisotopic (exact) mass is 596 g/mol. The van der Waals surface area contributed by atoms with E-state index in [4.69, 9.17) is 0 Å². The number of rotatable bonds is 12. The van der Waals surface area contributed by atoms with Gasteiger partial charge in [-0.2, -0.15) is 10.2 Å². The first kappa shape index (κ1) is 23.2. The summed E-state index contributed by atoms with van der Waals surface area (Å²) < 4.78 is 7.00. The lowest BCUT2D eigenvalue weighted by Gasteiger charge is -2.06. The summed E-state index contributed by atoms with van der Waals surface area (Å²) in [5, 5.41) is 9.24. The van der Waals surface area contributed by atoms with Crippen LogP contribution in [0.4, 0.5) is 0 Å². The highest BCUT2D eigenvalue weighted by Crippen LogP contribution is 2.18. The Morgan fingerprint density at radius 2 is 0.852 bits per heavy atom. The zero-order chi connectivity index (χ0) is 19.8. The highest BCUT2D eigenvalue weighted by Gasteiger charge is 2.08. The van der Waals surface area contributed by atoms with Crippen LogP contribution in [0.2, 0.25) is 0 Å². The van der Waals surface area contributed by atoms with E-state index >= 15 is 0 Å². The van der Waals surface area contributed by atoms with Crippen molar-refractivity contribution in [2.75, 3.05) is 0 Å². The van der Waals surface area contributed by atoms with Crippen molar-refractivity contribution in [1.82, 2.24) is 19.6 Å². The number of hydrogen-bond donors (Lipinski definition) is 0. The van der Waals surface area contributed by atoms with Gasteiger partial charge >= 0.3 is 0 Å². The van der Waals surface area contributed by atoms with Crippen LogP contribution in [0.15, 0.2) is 0 Å². The van der Waals surface area contributed by atoms with Gasteiger partial charge in [0.05, 0.1) is 18.5 Å². The lowest BCUT2D eigenvalue weighted by atomic mass is 10.1. The van der Waals surface area contributed by atoms with Crippen LogP contribution >= 0.6 is 45.2 Å². The van der Waals surface area contributed by atoms with Crippen molar-refractivity contribution < 1.29 is 0 Å². The van der Waals surface area contributed by atoms with Gasteiger partial charge in [0.15, 0.2) is 0 Å². The van der Waals surface area contributed by atoms with E-state index in [1.54, 1.807) is 0 Å². The van der Waals surface area contributed by atoms with E-state index in [9.17, 15) is 0 Å². The molecule has 0 aliphatic rings. The van der Waals surface area contributed by atoms with Crippen molar-refractivity contribution in [3.8, 4) is 0 Å². The van der Waals surface area contributed by atoms with Crippen LogP contribution in [-0.4, -0.2) is 19.6 Å². The third kappa shape index (κ3) is 7.01. The van der Waals surface area contributed by atoms with Crippen molar-refractivity contribution in [1.29, 1.82) is 0 Å². The van der Waals surface area contributed by atoms with Crippen LogP contribution in [0.3, 0.4) is 0 Å². The summed E-state index contributed by atoms with van der Waals surface area (Å²) in [6, 6.07) is 0. The molecule has 152 valence electrons. The molecule has 2 aromatic rings. The molecule has 0 amide bonds. The molecule has 0 aliphatic carbocycles. The Kier molecular flexibility index (Phi) is 10.1. The fourth-order valence-electron chi connectivity index (χ4n) is 3.55. The fraction of sp³-hybridized carbons (Fsp3) is 0.714. The molecule has 0 aliphatic heterocycles. The second-order valence-corrected chi connectivity index (χ2v) is 9.76. The van der Waals surface area contributed by atoms with E-state index < -0.39 is 0 Å². The summed E-state index contributed by atoms with van der Waals surface area (Å²) in [6.45, 7) is 10.7. The quantitative estimate of drug-likeness (QED) is 0.201. The molecule has 0 atom stereocenters. The van der Waals surface area contributed by atoms with Crippen molar-refractivity contribution in [3.63, 3.8) is 0 Å². The minimum Gasteiger partial charge on any atom is -0.269 e. The van der Waals surface area contributed by atoms with Crippen LogP contribution in [0.25, 0.3) is 0 Å². The summed E-state index contributed by atoms with van der Waals surface area (Å²) in [5.41, 5.74) is 4.98. The Labute approximate surface area is 192 Å². The second kappa shape index (κ2) is 11.8. The Morgan fingerprint density at radius 1 is 0.556 bits per heavy atom. The Morgan fingerprint density at radius 3 is 1.11 bits per heavy atom. The van der Waals surface area contributed by atoms with Gasteiger partial charge in [-0.25, -0.2) is 0 Å². The lowest BCUT2D eigenvalue weighted by molar-refractivity contribution is 0.496. The van der Waals surface area contributed by atoms with E-state index in [0.29, 0.717) is 0 Å². The molecule has 4 nitrogen and oxygen atoms in total. The van der Waals surface area contributed by atoms with E-state index in [1.165, 1.54) is 87.7 Å². The van der Waals surface area contributed by atoms with E-state index in [-0.39, 0.29) is 0 Å². The number of hydrogen-bond acceptors (Lipinski definition) is 2. The number of aromatic nitrogens is 4. The zero-order valence-corrected chi connectivity index (χ0v) is 21.6. The molecule has 0 radical (unpaired) electrons. The third-order valence-electron chi connectivity index (χ3n) is 5.33. The largest absolute Gasteiger partial charge is 0.269 e. The van der Waals surface area contributed by atoms with Gasteiger partial charge < -0.3 is 0 Å². The van der Waals surface area contributed by atoms with Gasteiger partial charge in [-0.05, 0) is 85.7 Å². The smallest absolute Gasteiger partial charge is 0.0729 e. The van der Waals surface area contributed by atoms with Gasteiger partial charge in [0.2, 0.25) is 0 Å². The number of halogens is 2. The average Bonchev–Trinajstić information content (AvgIpc) is 3.04. The van der Waals surface area contributed by atoms with E-state index in [0.717, 1.165) is 13.1 Å². The molecule has 2 heterocycles.